The summed E-state index contributed by atoms with van der Waals surface area (Å²) in [7, 11) is -3.43. The smallest absolute Gasteiger partial charge is 0.210 e. The molecule has 0 bridgehead atoms. The number of benzene rings is 2. The minimum atomic E-state index is -3.43. The van der Waals surface area contributed by atoms with Crippen LogP contribution in [0.4, 0.5) is 0 Å². The van der Waals surface area contributed by atoms with Gasteiger partial charge in [0.25, 0.3) is 0 Å². The lowest BCUT2D eigenvalue weighted by Crippen LogP contribution is -2.32. The summed E-state index contributed by atoms with van der Waals surface area (Å²) in [6.07, 6.45) is 2.07. The van der Waals surface area contributed by atoms with Gasteiger partial charge in [0, 0.05) is 12.0 Å². The maximum atomic E-state index is 12.3. The average Bonchev–Trinajstić information content (AvgIpc) is 3.28. The van der Waals surface area contributed by atoms with Crippen LogP contribution >= 0.6 is 0 Å². The maximum absolute atomic E-state index is 12.3. The number of hydrogen-bond acceptors (Lipinski definition) is 2. The largest absolute Gasteiger partial charge is 0.240 e. The van der Waals surface area contributed by atoms with Crippen LogP contribution in [-0.2, 0) is 15.4 Å². The highest BCUT2D eigenvalue weighted by atomic mass is 32.2. The molecule has 1 N–H and O–H groups in total. The molecule has 2 aromatic rings. The lowest BCUT2D eigenvalue weighted by atomic mass is 9.96. The quantitative estimate of drug-likeness (QED) is 0.923. The summed E-state index contributed by atoms with van der Waals surface area (Å²) in [5.74, 6) is 0. The SMILES string of the molecule is Cc1ccc(S(=O)(=O)NCC2(c3ccccc3)CC2)cc1. The zero-order valence-electron chi connectivity index (χ0n) is 12.0. The Balaban J connectivity index is 1.74. The third kappa shape index (κ3) is 3.01. The van der Waals surface area contributed by atoms with E-state index in [0.717, 1.165) is 18.4 Å². The molecule has 3 nitrogen and oxygen atoms in total. The van der Waals surface area contributed by atoms with E-state index in [1.165, 1.54) is 5.56 Å². The monoisotopic (exact) mass is 301 g/mol. The van der Waals surface area contributed by atoms with Crippen molar-refractivity contribution < 1.29 is 8.42 Å². The van der Waals surface area contributed by atoms with Gasteiger partial charge in [0.05, 0.1) is 4.90 Å². The van der Waals surface area contributed by atoms with Crippen molar-refractivity contribution in [3.63, 3.8) is 0 Å². The molecule has 1 aliphatic rings. The summed E-state index contributed by atoms with van der Waals surface area (Å²) < 4.78 is 27.4. The van der Waals surface area contributed by atoms with Crippen molar-refractivity contribution in [1.29, 1.82) is 0 Å². The average molecular weight is 301 g/mol. The highest BCUT2D eigenvalue weighted by Crippen LogP contribution is 2.47. The Labute approximate surface area is 126 Å². The molecule has 1 fully saturated rings. The molecule has 0 saturated heterocycles. The summed E-state index contributed by atoms with van der Waals surface area (Å²) in [4.78, 5) is 0.331. The van der Waals surface area contributed by atoms with E-state index in [1.54, 1.807) is 12.1 Å². The predicted octanol–water partition coefficient (Wildman–Crippen LogP) is 3.01. The van der Waals surface area contributed by atoms with Crippen LogP contribution in [0.1, 0.15) is 24.0 Å². The normalized spacial score (nSPS) is 16.6. The van der Waals surface area contributed by atoms with Gasteiger partial charge in [-0.3, -0.25) is 0 Å². The topological polar surface area (TPSA) is 46.2 Å². The van der Waals surface area contributed by atoms with Gasteiger partial charge >= 0.3 is 0 Å². The van der Waals surface area contributed by atoms with Gasteiger partial charge < -0.3 is 0 Å². The lowest BCUT2D eigenvalue weighted by molar-refractivity contribution is 0.567. The molecular formula is C17H19NO2S. The van der Waals surface area contributed by atoms with E-state index < -0.39 is 10.0 Å². The van der Waals surface area contributed by atoms with Gasteiger partial charge in [-0.2, -0.15) is 0 Å². The minimum absolute atomic E-state index is 0.0149. The first kappa shape index (κ1) is 14.3. The zero-order valence-corrected chi connectivity index (χ0v) is 12.9. The fourth-order valence-electron chi connectivity index (χ4n) is 2.54. The Morgan fingerprint density at radius 1 is 1.00 bits per heavy atom. The molecule has 0 aliphatic heterocycles. The third-order valence-electron chi connectivity index (χ3n) is 4.17. The zero-order chi connectivity index (χ0) is 14.9. The summed E-state index contributed by atoms with van der Waals surface area (Å²) in [5, 5.41) is 0. The molecule has 1 aliphatic carbocycles. The molecule has 0 aromatic heterocycles. The number of nitrogens with one attached hydrogen (secondary N) is 1. The standard InChI is InChI=1S/C17H19NO2S/c1-14-7-9-16(10-8-14)21(19,20)18-13-17(11-12-17)15-5-3-2-4-6-15/h2-10,18H,11-13H2,1H3. The van der Waals surface area contributed by atoms with Gasteiger partial charge in [-0.05, 0) is 37.5 Å². The van der Waals surface area contributed by atoms with E-state index in [2.05, 4.69) is 16.9 Å². The van der Waals surface area contributed by atoms with E-state index in [1.807, 2.05) is 37.3 Å². The number of sulfonamides is 1. The highest BCUT2D eigenvalue weighted by molar-refractivity contribution is 7.89. The van der Waals surface area contributed by atoms with E-state index in [0.29, 0.717) is 11.4 Å². The molecule has 1 saturated carbocycles. The Morgan fingerprint density at radius 2 is 1.62 bits per heavy atom. The van der Waals surface area contributed by atoms with Crippen LogP contribution < -0.4 is 4.72 Å². The van der Waals surface area contributed by atoms with Gasteiger partial charge in [0.2, 0.25) is 10.0 Å². The van der Waals surface area contributed by atoms with Gasteiger partial charge in [-0.15, -0.1) is 0 Å². The van der Waals surface area contributed by atoms with E-state index >= 15 is 0 Å². The summed E-state index contributed by atoms with van der Waals surface area (Å²) >= 11 is 0. The predicted molar refractivity (Wildman–Crippen MR) is 83.7 cm³/mol. The molecule has 0 amide bonds. The Hall–Kier alpha value is -1.65. The first-order valence-corrected chi connectivity index (χ1v) is 8.62. The Kier molecular flexibility index (Phi) is 3.59. The second-order valence-corrected chi connectivity index (χ2v) is 7.55. The van der Waals surface area contributed by atoms with Crippen molar-refractivity contribution in [2.45, 2.75) is 30.1 Å². The molecule has 0 atom stereocenters. The van der Waals surface area contributed by atoms with Crippen LogP contribution in [0.5, 0.6) is 0 Å². The number of aryl methyl sites for hydroxylation is 1. The van der Waals surface area contributed by atoms with Crippen molar-refractivity contribution in [2.75, 3.05) is 6.54 Å². The van der Waals surface area contributed by atoms with Crippen LogP contribution in [0, 0.1) is 6.92 Å². The molecule has 110 valence electrons. The first-order chi connectivity index (χ1) is 10.0. The summed E-state index contributed by atoms with van der Waals surface area (Å²) in [6, 6.07) is 17.1. The summed E-state index contributed by atoms with van der Waals surface area (Å²) in [5.41, 5.74) is 2.26. The Bertz CT molecular complexity index is 717. The van der Waals surface area contributed by atoms with Crippen LogP contribution in [0.15, 0.2) is 59.5 Å². The minimum Gasteiger partial charge on any atom is -0.210 e. The van der Waals surface area contributed by atoms with Crippen molar-refractivity contribution in [3.8, 4) is 0 Å². The van der Waals surface area contributed by atoms with Crippen LogP contribution in [0.3, 0.4) is 0 Å². The molecule has 0 spiro atoms. The molecule has 0 unspecified atom stereocenters. The molecule has 3 rings (SSSR count). The molecule has 2 aromatic carbocycles. The molecule has 4 heteroatoms. The molecular weight excluding hydrogens is 282 g/mol. The van der Waals surface area contributed by atoms with E-state index in [9.17, 15) is 8.42 Å². The second kappa shape index (κ2) is 5.28. The van der Waals surface area contributed by atoms with Gasteiger partial charge in [0.1, 0.15) is 0 Å². The van der Waals surface area contributed by atoms with Crippen molar-refractivity contribution in [3.05, 3.63) is 65.7 Å². The molecule has 0 radical (unpaired) electrons. The van der Waals surface area contributed by atoms with Crippen molar-refractivity contribution in [1.82, 2.24) is 4.72 Å². The first-order valence-electron chi connectivity index (χ1n) is 7.14. The number of hydrogen-bond donors (Lipinski definition) is 1. The van der Waals surface area contributed by atoms with Crippen LogP contribution in [-0.4, -0.2) is 15.0 Å². The lowest BCUT2D eigenvalue weighted by Gasteiger charge is -2.16. The van der Waals surface area contributed by atoms with Gasteiger partial charge in [0.15, 0.2) is 0 Å². The summed E-state index contributed by atoms with van der Waals surface area (Å²) in [6.45, 7) is 2.41. The highest BCUT2D eigenvalue weighted by Gasteiger charge is 2.44. The molecule has 0 heterocycles. The number of rotatable bonds is 5. The van der Waals surface area contributed by atoms with E-state index in [4.69, 9.17) is 0 Å². The second-order valence-electron chi connectivity index (χ2n) is 5.78. The van der Waals surface area contributed by atoms with Crippen molar-refractivity contribution >= 4 is 10.0 Å². The van der Waals surface area contributed by atoms with Gasteiger partial charge in [-0.1, -0.05) is 48.0 Å². The Morgan fingerprint density at radius 3 is 2.19 bits per heavy atom. The fraction of sp³-hybridized carbons (Fsp3) is 0.294. The van der Waals surface area contributed by atoms with Crippen LogP contribution in [0.2, 0.25) is 0 Å². The molecule has 21 heavy (non-hydrogen) atoms. The fourth-order valence-corrected chi connectivity index (χ4v) is 3.67. The van der Waals surface area contributed by atoms with Gasteiger partial charge in [-0.25, -0.2) is 13.1 Å². The van der Waals surface area contributed by atoms with Crippen molar-refractivity contribution in [2.24, 2.45) is 0 Å². The van der Waals surface area contributed by atoms with Crippen LogP contribution in [0.25, 0.3) is 0 Å². The maximum Gasteiger partial charge on any atom is 0.240 e. The third-order valence-corrected chi connectivity index (χ3v) is 5.59. The van der Waals surface area contributed by atoms with E-state index in [-0.39, 0.29) is 5.41 Å².